The number of aromatic nitrogens is 14. The van der Waals surface area contributed by atoms with E-state index < -0.39 is 11.9 Å². The standard InChI is InChI=1S/2C22H29ClN8O.2C15H18ClN3O.C8H11N3OS.2C2H4O2.2ClH/c1-29-9-8-19(28-29)20-13-31(18(14-32-20)12-15-2-4-16(23)5-3-15)17-6-10-30(11-7-17)22-25-21(24)26-27-22;1-29-19(6-9-25-29)20-13-31(18(14-32-20)12-15-2-4-16(23)5-3-15)17-7-10-30(11-8-17)22-26-21(24)27-28-22;1-19-7-6-14(18-19)15-9-17-13(10-20-15)8-11-2-4-12(16)5-3-11;1-19-14(6-7-18-19)15-9-17-13(10-20-15)8-11-2-4-12(16)5-3-11;1-13-8(10-6-9)11-4-2-7(12)3-5-11;2*1-2(3)4;;/h2-5,8-9,17-18,20H,6-7,10-14H2,1H3,(H3,24,25,26,27);2-6,9,17-18,20H,7-8,10-14H2,1H3,(H3,24,26,27,28);2*2-7,13,15,17H,8-10H2,1H3;2-5H2,1H3;2*1H3,(H,3,4);2*1H/t2*18-,20+;2*13-,15+;;;;;/m0000...../s1. The van der Waals surface area contributed by atoms with E-state index in [-0.39, 0.29) is 49.2 Å². The molecule has 10 N–H and O–H groups in total. The Morgan fingerprint density at radius 2 is 0.890 bits per heavy atom. The van der Waals surface area contributed by atoms with E-state index >= 15 is 0 Å². The van der Waals surface area contributed by atoms with Crippen molar-refractivity contribution in [3.05, 3.63) is 211 Å². The minimum Gasteiger partial charge on any atom is -0.481 e. The minimum absolute atomic E-state index is 0. The number of aliphatic carboxylic acids is 2. The summed E-state index contributed by atoms with van der Waals surface area (Å²) in [4.78, 5) is 52.9. The second-order valence-corrected chi connectivity index (χ2v) is 33.9. The van der Waals surface area contributed by atoms with E-state index in [1.165, 1.54) is 34.0 Å². The maximum absolute atomic E-state index is 10.9. The van der Waals surface area contributed by atoms with Crippen molar-refractivity contribution in [1.29, 1.82) is 5.26 Å². The van der Waals surface area contributed by atoms with E-state index in [9.17, 15) is 4.79 Å². The number of nitrogens with two attached hydrogens (primary N) is 2. The Labute approximate surface area is 776 Å². The van der Waals surface area contributed by atoms with Crippen molar-refractivity contribution in [3.8, 4) is 6.19 Å². The smallest absolute Gasteiger partial charge is 0.300 e. The third-order valence-corrected chi connectivity index (χ3v) is 24.0. The van der Waals surface area contributed by atoms with Gasteiger partial charge in [0, 0.05) is 201 Å². The zero-order valence-corrected chi connectivity index (χ0v) is 77.7. The number of rotatable bonds is 16. The summed E-state index contributed by atoms with van der Waals surface area (Å²) in [6.45, 7) is 13.3. The molecule has 0 aliphatic carbocycles. The van der Waals surface area contributed by atoms with Crippen molar-refractivity contribution in [2.24, 2.45) is 33.2 Å². The van der Waals surface area contributed by atoms with Gasteiger partial charge in [-0.3, -0.25) is 42.9 Å². The first-order chi connectivity index (χ1) is 60.3. The molecule has 7 aliphatic rings. The van der Waals surface area contributed by atoms with Gasteiger partial charge in [-0.15, -0.1) is 40.0 Å². The van der Waals surface area contributed by atoms with Gasteiger partial charge >= 0.3 is 0 Å². The van der Waals surface area contributed by atoms with Crippen LogP contribution < -0.4 is 31.9 Å². The van der Waals surface area contributed by atoms with Crippen LogP contribution in [0.3, 0.4) is 0 Å². The number of carboxylic acids is 2. The zero-order valence-electron chi connectivity index (χ0n) is 72.2. The number of carboxylic acid groups (broad SMARTS) is 2. The number of likely N-dealkylation sites (tertiary alicyclic amines) is 1. The second kappa shape index (κ2) is 51.1. The average Bonchev–Trinajstić information content (AvgIpc) is 1.79. The van der Waals surface area contributed by atoms with Crippen molar-refractivity contribution in [2.45, 2.75) is 139 Å². The molecule has 7 fully saturated rings. The van der Waals surface area contributed by atoms with Gasteiger partial charge in [0.1, 0.15) is 30.2 Å². The molecule has 4 aromatic carbocycles. The quantitative estimate of drug-likeness (QED) is 0.0253. The van der Waals surface area contributed by atoms with E-state index in [4.69, 9.17) is 102 Å². The molecule has 13 heterocycles. The molecular formula is C86H115Cl6N25O9S. The second-order valence-electron chi connectivity index (χ2n) is 31.3. The number of ketones is 1. The third-order valence-electron chi connectivity index (χ3n) is 22.3. The van der Waals surface area contributed by atoms with E-state index in [1.807, 2.05) is 133 Å². The number of anilines is 4. The number of nitrogens with zero attached hydrogens (tertiary/aromatic N) is 19. The SMILES string of the molecule is CC(=O)O.CC(=O)O.CSC(=NC#N)N1CCC(=O)CC1.Cl.Cl.Cn1ccc([C@H]2CN(C3CCN(c4n[nH]c(N)n4)CC3)[C@@H](Cc3ccc(Cl)cc3)CO2)n1.Cn1ccc([C@H]2CN[C@@H](Cc3ccc(Cl)cc3)CO2)n1.Cn1nccc1[C@H]1CN(C2CCN(c3n[nH]c(N)n3)CC2)[C@@H](Cc2ccc(Cl)cc2)CO1.Cn1nccc1[C@H]1CN[C@@H](Cc2ccc(Cl)cc2)CO1. The fraction of sp³-hybridized carbons (Fsp3) is 0.477. The number of nitrogen functional groups attached to an aromatic ring is 2. The number of carbonyl (C=O) groups excluding carboxylic acids is 1. The van der Waals surface area contributed by atoms with Crippen molar-refractivity contribution < 1.29 is 43.5 Å². The number of nitrogens with one attached hydrogen (secondary N) is 4. The summed E-state index contributed by atoms with van der Waals surface area (Å²) in [6, 6.07) is 42.7. The highest BCUT2D eigenvalue weighted by atomic mass is 35.5. The van der Waals surface area contributed by atoms with Crippen molar-refractivity contribution in [3.63, 3.8) is 0 Å². The number of aromatic amines is 2. The molecule has 0 spiro atoms. The monoisotopic (exact) mass is 1880 g/mol. The number of H-pyrrole nitrogens is 2. The lowest BCUT2D eigenvalue weighted by Gasteiger charge is -2.46. The Bertz CT molecular complexity index is 4990. The first-order valence-electron chi connectivity index (χ1n) is 41.7. The van der Waals surface area contributed by atoms with Gasteiger partial charge < -0.3 is 66.0 Å². The summed E-state index contributed by atoms with van der Waals surface area (Å²) in [5, 5.41) is 65.5. The molecule has 0 radical (unpaired) electrons. The van der Waals surface area contributed by atoms with Crippen LogP contribution in [0, 0.1) is 11.5 Å². The fourth-order valence-electron chi connectivity index (χ4n) is 16.0. The van der Waals surface area contributed by atoms with E-state index in [0.717, 1.165) is 166 Å². The predicted molar refractivity (Wildman–Crippen MR) is 498 cm³/mol. The number of benzene rings is 4. The summed E-state index contributed by atoms with van der Waals surface area (Å²) in [6.07, 6.45) is 20.5. The van der Waals surface area contributed by atoms with Gasteiger partial charge in [-0.1, -0.05) is 107 Å². The number of hydrogen-bond acceptors (Lipinski definition) is 26. The number of aliphatic imine (C=N–C) groups is 1. The molecule has 0 unspecified atom stereocenters. The molecule has 8 atom stereocenters. The first-order valence-corrected chi connectivity index (χ1v) is 44.4. The van der Waals surface area contributed by atoms with Gasteiger partial charge in [0.15, 0.2) is 5.17 Å². The van der Waals surface area contributed by atoms with Crippen molar-refractivity contribution in [2.75, 3.05) is 119 Å². The first kappa shape index (κ1) is 101. The largest absolute Gasteiger partial charge is 0.481 e. The molecule has 127 heavy (non-hydrogen) atoms. The van der Waals surface area contributed by atoms with Gasteiger partial charge in [0.25, 0.3) is 11.9 Å². The van der Waals surface area contributed by atoms with E-state index in [1.54, 1.807) is 17.1 Å². The molecule has 0 bridgehead atoms. The van der Waals surface area contributed by atoms with Gasteiger partial charge in [0.05, 0.1) is 49.2 Å². The number of amidine groups is 1. The Morgan fingerprint density at radius 1 is 0.528 bits per heavy atom. The third kappa shape index (κ3) is 31.7. The van der Waals surface area contributed by atoms with E-state index in [2.05, 4.69) is 147 Å². The van der Waals surface area contributed by atoms with Gasteiger partial charge in [-0.2, -0.15) is 35.6 Å². The molecule has 7 saturated heterocycles. The number of piperidine rings is 3. The van der Waals surface area contributed by atoms with Gasteiger partial charge in [-0.25, -0.2) is 10.2 Å². The summed E-state index contributed by atoms with van der Waals surface area (Å²) in [5.41, 5.74) is 20.7. The average molecular weight is 1890 g/mol. The lowest BCUT2D eigenvalue weighted by Crippen LogP contribution is -2.55. The lowest BCUT2D eigenvalue weighted by molar-refractivity contribution is -0.135. The molecule has 0 amide bonds. The molecule has 17 rings (SSSR count). The van der Waals surface area contributed by atoms with Crippen LogP contribution in [0.2, 0.25) is 20.1 Å². The van der Waals surface area contributed by atoms with Crippen LogP contribution in [0.4, 0.5) is 23.8 Å². The van der Waals surface area contributed by atoms with Crippen LogP contribution >= 0.6 is 83.0 Å². The normalized spacial score (nSPS) is 21.1. The number of thioether (sulfide) groups is 1. The Hall–Kier alpha value is -9.46. The number of halogens is 6. The van der Waals surface area contributed by atoms with Crippen molar-refractivity contribution >= 4 is 130 Å². The highest BCUT2D eigenvalue weighted by Crippen LogP contribution is 2.35. The molecular weight excluding hydrogens is 1770 g/mol. The van der Waals surface area contributed by atoms with Crippen LogP contribution in [0.1, 0.15) is 122 Å². The van der Waals surface area contributed by atoms with Crippen LogP contribution in [0.25, 0.3) is 0 Å². The number of hydrogen-bond donors (Lipinski definition) is 8. The molecule has 7 aliphatic heterocycles. The lowest BCUT2D eigenvalue weighted by atomic mass is 9.96. The molecule has 686 valence electrons. The van der Waals surface area contributed by atoms with Crippen LogP contribution in [0.5, 0.6) is 0 Å². The summed E-state index contributed by atoms with van der Waals surface area (Å²) < 4.78 is 32.0. The molecule has 6 aromatic heterocycles. The maximum atomic E-state index is 10.9. The predicted octanol–water partition coefficient (Wildman–Crippen LogP) is 11.4. The maximum Gasteiger partial charge on any atom is 0.300 e. The number of Topliss-reactive ketones (excluding diaryl/α,β-unsaturated/α-hetero) is 1. The highest BCUT2D eigenvalue weighted by molar-refractivity contribution is 8.13. The van der Waals surface area contributed by atoms with Crippen LogP contribution in [-0.2, 0) is 87.2 Å². The van der Waals surface area contributed by atoms with Crippen molar-refractivity contribution in [1.82, 2.24) is 94.8 Å². The number of morpholine rings is 4. The van der Waals surface area contributed by atoms with Gasteiger partial charge in [0.2, 0.25) is 30.0 Å². The minimum atomic E-state index is -0.833. The summed E-state index contributed by atoms with van der Waals surface area (Å²) >= 11 is 25.4. The number of carbonyl (C=O) groups is 3. The zero-order chi connectivity index (χ0) is 88.9. The molecule has 34 nitrogen and oxygen atoms in total. The highest BCUT2D eigenvalue weighted by Gasteiger charge is 2.40. The molecule has 0 saturated carbocycles. The number of aryl methyl sites for hydroxylation is 4. The summed E-state index contributed by atoms with van der Waals surface area (Å²) in [7, 11) is 7.78. The fourth-order valence-corrected chi connectivity index (χ4v) is 17.1. The van der Waals surface area contributed by atoms with E-state index in [0.29, 0.717) is 118 Å². The topological polar surface area (TPSA) is 411 Å². The molecule has 10 aromatic rings. The van der Waals surface area contributed by atoms with Crippen LogP contribution in [0.15, 0.2) is 151 Å². The Balaban J connectivity index is 0.000000180. The molecule has 41 heteroatoms. The number of ether oxygens (including phenoxy) is 4. The number of nitriles is 1. The summed E-state index contributed by atoms with van der Waals surface area (Å²) in [5.74, 6) is 0.725. The van der Waals surface area contributed by atoms with Crippen LogP contribution in [-0.4, -0.2) is 252 Å². The Kier molecular flexibility index (Phi) is 40.7. The van der Waals surface area contributed by atoms with Gasteiger partial charge in [-0.05, 0) is 153 Å². The Morgan fingerprint density at radius 3 is 1.23 bits per heavy atom.